The van der Waals surface area contributed by atoms with Crippen molar-refractivity contribution in [1.82, 2.24) is 4.98 Å². The summed E-state index contributed by atoms with van der Waals surface area (Å²) in [6.45, 7) is 0. The molecule has 0 bridgehead atoms. The molecule has 9 N–H and O–H groups in total. The largest absolute Gasteiger partial charge is 0.399 e. The normalized spacial score (nSPS) is 20.0. The Morgan fingerprint density at radius 2 is 2.08 bits per heavy atom. The number of hydrogen-bond donors (Lipinski definition) is 5. The Hall–Kier alpha value is -2.87. The molecule has 8 nitrogen and oxygen atoms in total. The van der Waals surface area contributed by atoms with Gasteiger partial charge in [0, 0.05) is 17.4 Å². The number of nitrogens with two attached hydrogens (primary N) is 3. The van der Waals surface area contributed by atoms with Crippen LogP contribution in [-0.2, 0) is 0 Å². The minimum atomic E-state index is -0.573. The van der Waals surface area contributed by atoms with E-state index in [1.54, 1.807) is 18.3 Å². The van der Waals surface area contributed by atoms with E-state index in [1.165, 1.54) is 0 Å². The minimum absolute atomic E-state index is 0.0881. The number of nitrogens with one attached hydrogen (secondary N) is 3. The molecule has 1 aromatic carbocycles. The number of amides is 1. The summed E-state index contributed by atoms with van der Waals surface area (Å²) in [5.41, 5.74) is 19.0. The molecule has 2 atom stereocenters. The first-order valence-corrected chi connectivity index (χ1v) is 8.40. The van der Waals surface area contributed by atoms with E-state index in [1.807, 2.05) is 12.1 Å². The summed E-state index contributed by atoms with van der Waals surface area (Å²) >= 11 is 0. The molecule has 132 valence electrons. The third-order valence-corrected chi connectivity index (χ3v) is 4.39. The number of carbonyl (C=O) groups is 1. The van der Waals surface area contributed by atoms with Gasteiger partial charge in [0.25, 0.3) is 5.91 Å². The molecule has 1 fully saturated rings. The van der Waals surface area contributed by atoms with Gasteiger partial charge in [0.2, 0.25) is 5.82 Å². The fraction of sp³-hybridized carbons (Fsp3) is 0.353. The molecule has 2 aromatic rings. The Morgan fingerprint density at radius 1 is 1.28 bits per heavy atom. The lowest BCUT2D eigenvalue weighted by atomic mass is 9.91. The maximum absolute atomic E-state index is 11.7. The molecule has 1 saturated carbocycles. The molecule has 1 amide bonds. The second-order valence-corrected chi connectivity index (χ2v) is 6.33. The zero-order valence-electron chi connectivity index (χ0n) is 14.0. The number of aromatic amines is 1. The number of carbonyl (C=O) groups excluding carboxylic acids is 1. The predicted molar refractivity (Wildman–Crippen MR) is 97.3 cm³/mol. The predicted octanol–water partition coefficient (Wildman–Crippen LogP) is 1.00. The highest BCUT2D eigenvalue weighted by Crippen LogP contribution is 2.22. The number of rotatable bonds is 5. The number of primary amides is 1. The number of hydrogen-bond acceptors (Lipinski definition) is 6. The molecular formula is C17H24N7O+. The van der Waals surface area contributed by atoms with E-state index < -0.39 is 5.91 Å². The van der Waals surface area contributed by atoms with Gasteiger partial charge in [-0.3, -0.25) is 10.1 Å². The Labute approximate surface area is 146 Å². The molecule has 0 aliphatic heterocycles. The van der Waals surface area contributed by atoms with Gasteiger partial charge in [0.05, 0.1) is 12.2 Å². The van der Waals surface area contributed by atoms with Gasteiger partial charge in [-0.1, -0.05) is 17.5 Å². The maximum Gasteiger partial charge on any atom is 0.391 e. The second kappa shape index (κ2) is 7.35. The lowest BCUT2D eigenvalue weighted by molar-refractivity contribution is -0.365. The second-order valence-electron chi connectivity index (χ2n) is 6.33. The number of H-pyrrole nitrogens is 1. The van der Waals surface area contributed by atoms with Crippen molar-refractivity contribution >= 4 is 29.0 Å². The quantitative estimate of drug-likeness (QED) is 0.512. The summed E-state index contributed by atoms with van der Waals surface area (Å²) in [5, 5.41) is 6.43. The Kier molecular flexibility index (Phi) is 4.99. The Bertz CT molecular complexity index is 764. The Balaban J connectivity index is 1.85. The third-order valence-electron chi connectivity index (χ3n) is 4.39. The zero-order chi connectivity index (χ0) is 17.8. The van der Waals surface area contributed by atoms with Crippen molar-refractivity contribution in [3.63, 3.8) is 0 Å². The van der Waals surface area contributed by atoms with E-state index in [2.05, 4.69) is 20.6 Å². The number of benzene rings is 1. The monoisotopic (exact) mass is 342 g/mol. The first-order valence-electron chi connectivity index (χ1n) is 8.40. The van der Waals surface area contributed by atoms with Crippen molar-refractivity contribution in [1.29, 1.82) is 0 Å². The average Bonchev–Trinajstić information content (AvgIpc) is 2.57. The molecule has 25 heavy (non-hydrogen) atoms. The highest BCUT2D eigenvalue weighted by Gasteiger charge is 2.27. The van der Waals surface area contributed by atoms with Crippen molar-refractivity contribution < 1.29 is 9.78 Å². The molecule has 3 rings (SSSR count). The standard InChI is InChI=1S/C17H23N7O/c18-10-4-3-5-11(8-10)22-16-12(15(20)25)9-21-17(24-16)23-14-7-2-1-6-13(14)19/h3-5,8-9,13-14H,1-2,6-7,18-19H2,(H2,20,25)(H2,21,22,23,24)/p+1/t13-,14+/m0/s1. The van der Waals surface area contributed by atoms with E-state index in [-0.39, 0.29) is 17.6 Å². The van der Waals surface area contributed by atoms with Crippen LogP contribution in [0, 0.1) is 0 Å². The van der Waals surface area contributed by atoms with Gasteiger partial charge >= 0.3 is 5.95 Å². The van der Waals surface area contributed by atoms with E-state index in [0.717, 1.165) is 31.4 Å². The summed E-state index contributed by atoms with van der Waals surface area (Å²) in [4.78, 5) is 19.1. The van der Waals surface area contributed by atoms with Crippen molar-refractivity contribution in [2.75, 3.05) is 16.4 Å². The van der Waals surface area contributed by atoms with Crippen LogP contribution < -0.4 is 32.8 Å². The van der Waals surface area contributed by atoms with Gasteiger partial charge in [-0.2, -0.15) is 0 Å². The zero-order valence-corrected chi connectivity index (χ0v) is 14.0. The highest BCUT2D eigenvalue weighted by molar-refractivity contribution is 5.97. The van der Waals surface area contributed by atoms with Gasteiger partial charge in [-0.05, 0) is 37.5 Å². The number of anilines is 4. The van der Waals surface area contributed by atoms with Crippen LogP contribution in [0.25, 0.3) is 0 Å². The average molecular weight is 342 g/mol. The van der Waals surface area contributed by atoms with E-state index in [0.29, 0.717) is 17.5 Å². The van der Waals surface area contributed by atoms with Crippen molar-refractivity contribution in [3.05, 3.63) is 36.0 Å². The van der Waals surface area contributed by atoms with Gasteiger partial charge in [-0.25, -0.2) is 4.98 Å². The fourth-order valence-electron chi connectivity index (χ4n) is 3.04. The van der Waals surface area contributed by atoms with Crippen molar-refractivity contribution in [2.45, 2.75) is 37.8 Å². The highest BCUT2D eigenvalue weighted by atomic mass is 16.1. The van der Waals surface area contributed by atoms with Crippen molar-refractivity contribution in [2.24, 2.45) is 11.5 Å². The SMILES string of the molecule is NC(=O)c1c[nH+]c(N[C@@H]2CCCC[C@@H]2N)nc1Nc1cccc(N)c1. The summed E-state index contributed by atoms with van der Waals surface area (Å²) < 4.78 is 0. The van der Waals surface area contributed by atoms with Gasteiger partial charge in [0.15, 0.2) is 0 Å². The lowest BCUT2D eigenvalue weighted by Crippen LogP contribution is -2.44. The molecule has 0 spiro atoms. The summed E-state index contributed by atoms with van der Waals surface area (Å²) in [6, 6.07) is 7.43. The number of nitrogen functional groups attached to an aromatic ring is 1. The molecule has 1 heterocycles. The van der Waals surface area contributed by atoms with E-state index in [9.17, 15) is 4.79 Å². The third kappa shape index (κ3) is 4.16. The molecular weight excluding hydrogens is 318 g/mol. The van der Waals surface area contributed by atoms with Gasteiger partial charge < -0.3 is 22.5 Å². The molecule has 0 unspecified atom stereocenters. The fourth-order valence-corrected chi connectivity index (χ4v) is 3.04. The lowest BCUT2D eigenvalue weighted by Gasteiger charge is -2.26. The van der Waals surface area contributed by atoms with Crippen LogP contribution in [0.4, 0.5) is 23.1 Å². The van der Waals surface area contributed by atoms with Crippen LogP contribution in [0.2, 0.25) is 0 Å². The van der Waals surface area contributed by atoms with Crippen LogP contribution in [0.5, 0.6) is 0 Å². The molecule has 1 aliphatic rings. The summed E-state index contributed by atoms with van der Waals surface area (Å²) in [7, 11) is 0. The molecule has 1 aliphatic carbocycles. The number of aromatic nitrogens is 2. The van der Waals surface area contributed by atoms with Crippen molar-refractivity contribution in [3.8, 4) is 0 Å². The van der Waals surface area contributed by atoms with Crippen LogP contribution in [0.1, 0.15) is 36.0 Å². The van der Waals surface area contributed by atoms with Gasteiger partial charge in [-0.15, -0.1) is 0 Å². The summed E-state index contributed by atoms with van der Waals surface area (Å²) in [6.07, 6.45) is 5.82. The van der Waals surface area contributed by atoms with Crippen LogP contribution in [-0.4, -0.2) is 23.0 Å². The topological polar surface area (TPSA) is 146 Å². The first-order chi connectivity index (χ1) is 12.0. The van der Waals surface area contributed by atoms with E-state index >= 15 is 0 Å². The minimum Gasteiger partial charge on any atom is -0.399 e. The summed E-state index contributed by atoms with van der Waals surface area (Å²) in [5.74, 6) is 0.332. The first kappa shape index (κ1) is 17.0. The van der Waals surface area contributed by atoms with E-state index in [4.69, 9.17) is 17.2 Å². The molecule has 8 heteroatoms. The smallest absolute Gasteiger partial charge is 0.391 e. The number of nitrogens with zero attached hydrogens (tertiary/aromatic N) is 1. The van der Waals surface area contributed by atoms with Crippen LogP contribution in [0.15, 0.2) is 30.5 Å². The Morgan fingerprint density at radius 3 is 2.80 bits per heavy atom. The van der Waals surface area contributed by atoms with Gasteiger partial charge in [0.1, 0.15) is 5.56 Å². The molecule has 0 saturated heterocycles. The maximum atomic E-state index is 11.7. The van der Waals surface area contributed by atoms with Crippen LogP contribution >= 0.6 is 0 Å². The molecule has 1 aromatic heterocycles. The molecule has 0 radical (unpaired) electrons. The van der Waals surface area contributed by atoms with Crippen LogP contribution in [0.3, 0.4) is 0 Å².